The molecule has 0 aliphatic carbocycles. The lowest BCUT2D eigenvalue weighted by atomic mass is 10.1. The van der Waals surface area contributed by atoms with Crippen LogP contribution < -0.4 is 0 Å². The Morgan fingerprint density at radius 3 is 2.39 bits per heavy atom. The highest BCUT2D eigenvalue weighted by atomic mass is 35.5. The number of nitrogens with zero attached hydrogens (tertiary/aromatic N) is 1. The number of amides is 1. The second-order valence-corrected chi connectivity index (χ2v) is 7.19. The zero-order valence-electron chi connectivity index (χ0n) is 13.0. The van der Waals surface area contributed by atoms with E-state index in [4.69, 9.17) is 11.6 Å². The van der Waals surface area contributed by atoms with Crippen molar-refractivity contribution in [2.45, 2.75) is 29.9 Å². The number of hydrogen-bond donors (Lipinski definition) is 0. The van der Waals surface area contributed by atoms with Crippen LogP contribution in [0.25, 0.3) is 0 Å². The first-order valence-electron chi connectivity index (χ1n) is 7.99. The van der Waals surface area contributed by atoms with Gasteiger partial charge in [0.15, 0.2) is 0 Å². The fourth-order valence-electron chi connectivity index (χ4n) is 2.75. The molecule has 2 aromatic rings. The van der Waals surface area contributed by atoms with Crippen LogP contribution in [0, 0.1) is 0 Å². The molecule has 23 heavy (non-hydrogen) atoms. The highest BCUT2D eigenvalue weighted by molar-refractivity contribution is 7.98. The summed E-state index contributed by atoms with van der Waals surface area (Å²) in [5.74, 6) is 1.01. The molecule has 0 radical (unpaired) electrons. The van der Waals surface area contributed by atoms with Gasteiger partial charge < -0.3 is 4.90 Å². The number of halogens is 1. The predicted octanol–water partition coefficient (Wildman–Crippen LogP) is 5.26. The van der Waals surface area contributed by atoms with Crippen LogP contribution in [-0.2, 0) is 5.75 Å². The third kappa shape index (κ3) is 4.30. The Bertz CT molecular complexity index is 665. The average molecular weight is 346 g/mol. The minimum Gasteiger partial charge on any atom is -0.339 e. The Balaban J connectivity index is 1.60. The first-order valence-corrected chi connectivity index (χ1v) is 9.36. The van der Waals surface area contributed by atoms with Gasteiger partial charge in [0.25, 0.3) is 5.91 Å². The maximum absolute atomic E-state index is 12.4. The topological polar surface area (TPSA) is 20.3 Å². The Kier molecular flexibility index (Phi) is 5.63. The van der Waals surface area contributed by atoms with Crippen LogP contribution in [0.3, 0.4) is 0 Å². The van der Waals surface area contributed by atoms with Crippen LogP contribution in [0.15, 0.2) is 53.4 Å². The van der Waals surface area contributed by atoms with E-state index in [0.29, 0.717) is 0 Å². The summed E-state index contributed by atoms with van der Waals surface area (Å²) in [5, 5.41) is 0.786. The fraction of sp³-hybridized carbons (Fsp3) is 0.316. The lowest BCUT2D eigenvalue weighted by Crippen LogP contribution is -2.35. The average Bonchev–Trinajstić information content (AvgIpc) is 2.62. The Labute approximate surface area is 146 Å². The number of benzene rings is 2. The molecule has 1 amide bonds. The molecule has 1 heterocycles. The molecule has 1 fully saturated rings. The molecule has 0 N–H and O–H groups in total. The third-order valence-electron chi connectivity index (χ3n) is 4.08. The largest absolute Gasteiger partial charge is 0.339 e. The molecule has 0 atom stereocenters. The number of thioether (sulfide) groups is 1. The number of likely N-dealkylation sites (tertiary alicyclic amines) is 1. The smallest absolute Gasteiger partial charge is 0.253 e. The molecule has 2 nitrogen and oxygen atoms in total. The molecule has 0 spiro atoms. The van der Waals surface area contributed by atoms with Crippen LogP contribution in [0.2, 0.25) is 5.02 Å². The zero-order chi connectivity index (χ0) is 16.1. The van der Waals surface area contributed by atoms with Crippen molar-refractivity contribution >= 4 is 29.3 Å². The number of piperidine rings is 1. The van der Waals surface area contributed by atoms with Crippen LogP contribution in [0.1, 0.15) is 35.2 Å². The van der Waals surface area contributed by atoms with Crippen molar-refractivity contribution in [1.29, 1.82) is 0 Å². The van der Waals surface area contributed by atoms with Crippen LogP contribution >= 0.6 is 23.4 Å². The van der Waals surface area contributed by atoms with E-state index >= 15 is 0 Å². The van der Waals surface area contributed by atoms with E-state index in [-0.39, 0.29) is 5.91 Å². The second kappa shape index (κ2) is 7.89. The molecule has 0 aromatic heterocycles. The normalized spacial score (nSPS) is 14.7. The fourth-order valence-corrected chi connectivity index (χ4v) is 3.94. The zero-order valence-corrected chi connectivity index (χ0v) is 14.6. The molecule has 3 rings (SSSR count). The van der Waals surface area contributed by atoms with E-state index in [1.165, 1.54) is 12.0 Å². The van der Waals surface area contributed by atoms with Crippen molar-refractivity contribution in [3.05, 3.63) is 64.7 Å². The number of hydrogen-bond acceptors (Lipinski definition) is 2. The molecule has 1 aliphatic rings. The molecular weight excluding hydrogens is 326 g/mol. The molecule has 120 valence electrons. The molecule has 1 aliphatic heterocycles. The first kappa shape index (κ1) is 16.4. The molecule has 2 aromatic carbocycles. The van der Waals surface area contributed by atoms with Gasteiger partial charge in [0, 0.05) is 29.3 Å². The van der Waals surface area contributed by atoms with E-state index in [2.05, 4.69) is 0 Å². The maximum Gasteiger partial charge on any atom is 0.253 e. The Morgan fingerprint density at radius 1 is 1.00 bits per heavy atom. The van der Waals surface area contributed by atoms with E-state index in [1.54, 1.807) is 11.8 Å². The molecule has 4 heteroatoms. The van der Waals surface area contributed by atoms with Gasteiger partial charge in [0.2, 0.25) is 0 Å². The van der Waals surface area contributed by atoms with Gasteiger partial charge in [-0.15, -0.1) is 11.8 Å². The monoisotopic (exact) mass is 345 g/mol. The second-order valence-electron chi connectivity index (χ2n) is 5.77. The number of carbonyl (C=O) groups is 1. The highest BCUT2D eigenvalue weighted by Crippen LogP contribution is 2.29. The molecular formula is C19H20ClNOS. The lowest BCUT2D eigenvalue weighted by Gasteiger charge is -2.26. The lowest BCUT2D eigenvalue weighted by molar-refractivity contribution is 0.0724. The van der Waals surface area contributed by atoms with Crippen molar-refractivity contribution in [3.63, 3.8) is 0 Å². The van der Waals surface area contributed by atoms with Gasteiger partial charge in [-0.3, -0.25) is 4.79 Å². The van der Waals surface area contributed by atoms with E-state index in [0.717, 1.165) is 47.2 Å². The van der Waals surface area contributed by atoms with Crippen molar-refractivity contribution in [3.8, 4) is 0 Å². The van der Waals surface area contributed by atoms with E-state index in [1.807, 2.05) is 53.4 Å². The predicted molar refractivity (Wildman–Crippen MR) is 97.2 cm³/mol. The summed E-state index contributed by atoms with van der Waals surface area (Å²) >= 11 is 7.89. The highest BCUT2D eigenvalue weighted by Gasteiger charge is 2.17. The van der Waals surface area contributed by atoms with Crippen LogP contribution in [0.4, 0.5) is 0 Å². The standard InChI is InChI=1S/C19H20ClNOS/c20-17-6-2-3-7-18(17)23-14-15-8-10-16(11-9-15)19(22)21-12-4-1-5-13-21/h2-3,6-11H,1,4-5,12-14H2. The summed E-state index contributed by atoms with van der Waals surface area (Å²) in [6, 6.07) is 15.8. The summed E-state index contributed by atoms with van der Waals surface area (Å²) in [4.78, 5) is 15.5. The number of carbonyl (C=O) groups excluding carboxylic acids is 1. The van der Waals surface area contributed by atoms with Crippen molar-refractivity contribution in [2.75, 3.05) is 13.1 Å². The van der Waals surface area contributed by atoms with Gasteiger partial charge in [0.1, 0.15) is 0 Å². The summed E-state index contributed by atoms with van der Waals surface area (Å²) < 4.78 is 0. The van der Waals surface area contributed by atoms with Gasteiger partial charge in [0.05, 0.1) is 5.02 Å². The van der Waals surface area contributed by atoms with E-state index in [9.17, 15) is 4.79 Å². The van der Waals surface area contributed by atoms with Crippen molar-refractivity contribution < 1.29 is 4.79 Å². The Morgan fingerprint density at radius 2 is 1.70 bits per heavy atom. The molecule has 0 bridgehead atoms. The quantitative estimate of drug-likeness (QED) is 0.704. The summed E-state index contributed by atoms with van der Waals surface area (Å²) in [7, 11) is 0. The van der Waals surface area contributed by atoms with Gasteiger partial charge in [-0.25, -0.2) is 0 Å². The third-order valence-corrected chi connectivity index (χ3v) is 5.66. The number of rotatable bonds is 4. The SMILES string of the molecule is O=C(c1ccc(CSc2ccccc2Cl)cc1)N1CCCCC1. The van der Waals surface area contributed by atoms with Crippen molar-refractivity contribution in [1.82, 2.24) is 4.90 Å². The van der Waals surface area contributed by atoms with Gasteiger partial charge in [-0.2, -0.15) is 0 Å². The minimum absolute atomic E-state index is 0.162. The van der Waals surface area contributed by atoms with E-state index < -0.39 is 0 Å². The summed E-state index contributed by atoms with van der Waals surface area (Å²) in [6.45, 7) is 1.78. The van der Waals surface area contributed by atoms with Crippen molar-refractivity contribution in [2.24, 2.45) is 0 Å². The molecule has 0 saturated carbocycles. The van der Waals surface area contributed by atoms with Crippen LogP contribution in [0.5, 0.6) is 0 Å². The van der Waals surface area contributed by atoms with Gasteiger partial charge >= 0.3 is 0 Å². The van der Waals surface area contributed by atoms with Crippen LogP contribution in [-0.4, -0.2) is 23.9 Å². The summed E-state index contributed by atoms with van der Waals surface area (Å²) in [6.07, 6.45) is 3.48. The van der Waals surface area contributed by atoms with Gasteiger partial charge in [-0.05, 0) is 49.1 Å². The van der Waals surface area contributed by atoms with Gasteiger partial charge in [-0.1, -0.05) is 35.9 Å². The molecule has 1 saturated heterocycles. The Hall–Kier alpha value is -1.45. The maximum atomic E-state index is 12.4. The first-order chi connectivity index (χ1) is 11.2. The minimum atomic E-state index is 0.162. The summed E-state index contributed by atoms with van der Waals surface area (Å²) in [5.41, 5.74) is 1.99. The molecule has 0 unspecified atom stereocenters.